The molecule has 1 amide bonds. The summed E-state index contributed by atoms with van der Waals surface area (Å²) in [6.07, 6.45) is 0. The second-order valence-electron chi connectivity index (χ2n) is 6.60. The van der Waals surface area contributed by atoms with Crippen LogP contribution >= 0.6 is 50.1 Å². The Balaban J connectivity index is 2.25. The molecule has 0 aromatic heterocycles. The molecule has 0 aliphatic rings. The van der Waals surface area contributed by atoms with Crippen molar-refractivity contribution in [2.24, 2.45) is 5.41 Å². The van der Waals surface area contributed by atoms with Crippen molar-refractivity contribution in [2.75, 3.05) is 18.5 Å². The van der Waals surface area contributed by atoms with Gasteiger partial charge in [0.05, 0.1) is 39.6 Å². The Morgan fingerprint density at radius 2 is 2.04 bits per heavy atom. The molecular formula is C18H18BrClFIN2O3. The van der Waals surface area contributed by atoms with Crippen molar-refractivity contribution in [1.82, 2.24) is 5.48 Å². The molecule has 0 saturated heterocycles. The van der Waals surface area contributed by atoms with Crippen LogP contribution in [0.4, 0.5) is 15.8 Å². The Morgan fingerprint density at radius 3 is 2.67 bits per heavy atom. The minimum absolute atomic E-state index is 0.0942. The number of benzene rings is 2. The molecule has 0 heterocycles. The summed E-state index contributed by atoms with van der Waals surface area (Å²) in [5, 5.41) is 12.7. The van der Waals surface area contributed by atoms with Gasteiger partial charge >= 0.3 is 0 Å². The average Bonchev–Trinajstić information content (AvgIpc) is 2.60. The average molecular weight is 572 g/mol. The molecule has 0 bridgehead atoms. The van der Waals surface area contributed by atoms with Gasteiger partial charge < -0.3 is 10.4 Å². The fraction of sp³-hybridized carbons (Fsp3) is 0.278. The maximum absolute atomic E-state index is 14.0. The van der Waals surface area contributed by atoms with Gasteiger partial charge in [-0.05, 0) is 68.9 Å². The van der Waals surface area contributed by atoms with Gasteiger partial charge in [0.2, 0.25) is 0 Å². The van der Waals surface area contributed by atoms with E-state index in [1.54, 1.807) is 26.0 Å². The Kier molecular flexibility index (Phi) is 7.87. The van der Waals surface area contributed by atoms with E-state index in [1.165, 1.54) is 12.1 Å². The smallest absolute Gasteiger partial charge is 0.276 e. The number of halogens is 4. The molecular weight excluding hydrogens is 553 g/mol. The van der Waals surface area contributed by atoms with Gasteiger partial charge in [-0.25, -0.2) is 9.87 Å². The summed E-state index contributed by atoms with van der Waals surface area (Å²) in [6.45, 7) is 3.60. The maximum Gasteiger partial charge on any atom is 0.276 e. The number of carbonyl (C=O) groups excluding carboxylic acids is 1. The summed E-state index contributed by atoms with van der Waals surface area (Å²) in [7, 11) is 0. The van der Waals surface area contributed by atoms with Crippen molar-refractivity contribution in [3.63, 3.8) is 0 Å². The third-order valence-corrected chi connectivity index (χ3v) is 5.15. The highest BCUT2D eigenvalue weighted by Crippen LogP contribution is 2.31. The number of aliphatic hydroxyl groups is 1. The molecule has 0 radical (unpaired) electrons. The van der Waals surface area contributed by atoms with Crippen molar-refractivity contribution >= 4 is 67.4 Å². The maximum atomic E-state index is 14.0. The number of nitrogens with one attached hydrogen (secondary N) is 2. The van der Waals surface area contributed by atoms with Gasteiger partial charge in [0.1, 0.15) is 5.82 Å². The zero-order valence-electron chi connectivity index (χ0n) is 14.6. The van der Waals surface area contributed by atoms with Crippen LogP contribution < -0.4 is 10.8 Å². The van der Waals surface area contributed by atoms with Crippen LogP contribution in [0.2, 0.25) is 5.02 Å². The van der Waals surface area contributed by atoms with Crippen LogP contribution in [-0.4, -0.2) is 24.2 Å². The van der Waals surface area contributed by atoms with E-state index in [2.05, 4.69) is 49.3 Å². The standard InChI is InChI=1S/C18H18BrClFIN2O3/c1-18(2,8-25)9-27-24-17(26)11-6-12(19)14(21)7-16(11)23-15-4-3-10(22)5-13(15)20/h3-7,23,25H,8-9H2,1-2H3,(H,24,26). The van der Waals surface area contributed by atoms with E-state index in [9.17, 15) is 14.3 Å². The van der Waals surface area contributed by atoms with Gasteiger partial charge in [0.15, 0.2) is 0 Å². The van der Waals surface area contributed by atoms with E-state index < -0.39 is 17.1 Å². The minimum atomic E-state index is -0.562. The molecule has 2 aromatic carbocycles. The van der Waals surface area contributed by atoms with E-state index in [1.807, 2.05) is 6.07 Å². The summed E-state index contributed by atoms with van der Waals surface area (Å²) in [5.74, 6) is -1.09. The molecule has 0 fully saturated rings. The Morgan fingerprint density at radius 1 is 1.33 bits per heavy atom. The molecule has 146 valence electrons. The molecule has 0 saturated carbocycles. The van der Waals surface area contributed by atoms with Gasteiger partial charge in [-0.15, -0.1) is 0 Å². The van der Waals surface area contributed by atoms with Crippen LogP contribution in [0.15, 0.2) is 34.8 Å². The first-order chi connectivity index (χ1) is 12.6. The molecule has 0 aliphatic heterocycles. The molecule has 0 aliphatic carbocycles. The van der Waals surface area contributed by atoms with Crippen molar-refractivity contribution in [3.05, 3.63) is 54.8 Å². The first kappa shape index (κ1) is 22.4. The lowest BCUT2D eigenvalue weighted by Crippen LogP contribution is -2.32. The number of hydrogen-bond donors (Lipinski definition) is 3. The fourth-order valence-electron chi connectivity index (χ4n) is 1.97. The summed E-state index contributed by atoms with van der Waals surface area (Å²) < 4.78 is 15.1. The van der Waals surface area contributed by atoms with Crippen LogP contribution in [0.5, 0.6) is 0 Å². The summed E-state index contributed by atoms with van der Waals surface area (Å²) in [6, 6.07) is 7.88. The van der Waals surface area contributed by atoms with E-state index in [-0.39, 0.29) is 28.9 Å². The van der Waals surface area contributed by atoms with Gasteiger partial charge in [-0.2, -0.15) is 0 Å². The van der Waals surface area contributed by atoms with Crippen LogP contribution in [0.1, 0.15) is 24.2 Å². The Hall–Kier alpha value is -0.940. The minimum Gasteiger partial charge on any atom is -0.396 e. The quantitative estimate of drug-likeness (QED) is 0.313. The molecule has 0 atom stereocenters. The normalized spacial score (nSPS) is 11.4. The van der Waals surface area contributed by atoms with E-state index in [4.69, 9.17) is 16.4 Å². The number of aliphatic hydroxyl groups excluding tert-OH is 1. The van der Waals surface area contributed by atoms with Crippen molar-refractivity contribution in [3.8, 4) is 0 Å². The van der Waals surface area contributed by atoms with Gasteiger partial charge in [0.25, 0.3) is 5.91 Å². The van der Waals surface area contributed by atoms with E-state index in [0.29, 0.717) is 10.7 Å². The van der Waals surface area contributed by atoms with Crippen LogP contribution in [0.25, 0.3) is 0 Å². The lowest BCUT2D eigenvalue weighted by Gasteiger charge is -2.21. The van der Waals surface area contributed by atoms with E-state index in [0.717, 1.165) is 3.57 Å². The number of amides is 1. The number of rotatable bonds is 7. The Bertz CT molecular complexity index is 852. The molecule has 3 N–H and O–H groups in total. The summed E-state index contributed by atoms with van der Waals surface area (Å²) in [5.41, 5.74) is 2.75. The van der Waals surface area contributed by atoms with Crippen LogP contribution in [-0.2, 0) is 4.84 Å². The van der Waals surface area contributed by atoms with Gasteiger partial charge in [-0.3, -0.25) is 9.63 Å². The second kappa shape index (κ2) is 9.51. The third kappa shape index (κ3) is 6.28. The number of hydroxylamine groups is 1. The SMILES string of the molecule is CC(C)(CO)CONC(=O)c1cc(Br)c(F)cc1Nc1ccc(I)cc1Cl. The third-order valence-electron chi connectivity index (χ3n) is 3.56. The molecule has 9 heteroatoms. The first-order valence-electron chi connectivity index (χ1n) is 7.87. The lowest BCUT2D eigenvalue weighted by molar-refractivity contribution is -0.0197. The Labute approximate surface area is 183 Å². The van der Waals surface area contributed by atoms with Gasteiger partial charge in [-0.1, -0.05) is 25.4 Å². The monoisotopic (exact) mass is 570 g/mol. The van der Waals surface area contributed by atoms with Gasteiger partial charge in [0, 0.05) is 8.99 Å². The van der Waals surface area contributed by atoms with Crippen LogP contribution in [0, 0.1) is 14.8 Å². The largest absolute Gasteiger partial charge is 0.396 e. The molecule has 27 heavy (non-hydrogen) atoms. The molecule has 5 nitrogen and oxygen atoms in total. The molecule has 0 spiro atoms. The zero-order chi connectivity index (χ0) is 20.2. The zero-order valence-corrected chi connectivity index (χ0v) is 19.1. The highest BCUT2D eigenvalue weighted by atomic mass is 127. The number of anilines is 2. The first-order valence-corrected chi connectivity index (χ1v) is 10.1. The highest BCUT2D eigenvalue weighted by Gasteiger charge is 2.20. The molecule has 2 rings (SSSR count). The molecule has 2 aromatic rings. The predicted molar refractivity (Wildman–Crippen MR) is 116 cm³/mol. The number of carbonyl (C=O) groups is 1. The highest BCUT2D eigenvalue weighted by molar-refractivity contribution is 14.1. The second-order valence-corrected chi connectivity index (χ2v) is 9.11. The molecule has 0 unspecified atom stereocenters. The van der Waals surface area contributed by atoms with Crippen molar-refractivity contribution in [1.29, 1.82) is 0 Å². The van der Waals surface area contributed by atoms with Crippen molar-refractivity contribution in [2.45, 2.75) is 13.8 Å². The fourth-order valence-corrected chi connectivity index (χ4v) is 3.22. The number of hydrogen-bond acceptors (Lipinski definition) is 4. The predicted octanol–water partition coefficient (Wildman–Crippen LogP) is 5.27. The summed E-state index contributed by atoms with van der Waals surface area (Å²) >= 11 is 11.4. The summed E-state index contributed by atoms with van der Waals surface area (Å²) in [4.78, 5) is 17.7. The van der Waals surface area contributed by atoms with E-state index >= 15 is 0 Å². The topological polar surface area (TPSA) is 70.6 Å². The van der Waals surface area contributed by atoms with Crippen molar-refractivity contribution < 1.29 is 19.1 Å². The van der Waals surface area contributed by atoms with Crippen LogP contribution in [0.3, 0.4) is 0 Å². The lowest BCUT2D eigenvalue weighted by atomic mass is 9.97.